The number of hydrogen-bond acceptors (Lipinski definition) is 5. The number of piperazine rings is 1. The molecule has 0 atom stereocenters. The lowest BCUT2D eigenvalue weighted by atomic mass is 10.1. The van der Waals surface area contributed by atoms with Crippen molar-refractivity contribution in [2.24, 2.45) is 0 Å². The van der Waals surface area contributed by atoms with Gasteiger partial charge >= 0.3 is 0 Å². The molecule has 0 saturated carbocycles. The highest BCUT2D eigenvalue weighted by Gasteiger charge is 2.24. The highest BCUT2D eigenvalue weighted by atomic mass is 16.2. The second-order valence-electron chi connectivity index (χ2n) is 7.74. The molecule has 4 rings (SSSR count). The number of benzene rings is 2. The summed E-state index contributed by atoms with van der Waals surface area (Å²) >= 11 is 0. The number of aryl methyl sites for hydroxylation is 2. The van der Waals surface area contributed by atoms with Crippen molar-refractivity contribution >= 4 is 28.5 Å². The Hall–Kier alpha value is -3.26. The highest BCUT2D eigenvalue weighted by Crippen LogP contribution is 2.17. The fourth-order valence-electron chi connectivity index (χ4n) is 3.97. The van der Waals surface area contributed by atoms with Crippen LogP contribution in [0, 0.1) is 0 Å². The number of para-hydroxylation sites is 1. The van der Waals surface area contributed by atoms with Crippen molar-refractivity contribution in [3.63, 3.8) is 0 Å². The maximum Gasteiger partial charge on any atom is 0.254 e. The van der Waals surface area contributed by atoms with Gasteiger partial charge in [-0.3, -0.25) is 14.5 Å². The maximum absolute atomic E-state index is 12.9. The summed E-state index contributed by atoms with van der Waals surface area (Å²) in [4.78, 5) is 29.3. The summed E-state index contributed by atoms with van der Waals surface area (Å²) in [7, 11) is 0. The van der Waals surface area contributed by atoms with Gasteiger partial charge in [0, 0.05) is 44.0 Å². The van der Waals surface area contributed by atoms with Crippen molar-refractivity contribution in [3.8, 4) is 0 Å². The number of nitrogens with one attached hydrogen (secondary N) is 1. The van der Waals surface area contributed by atoms with Gasteiger partial charge in [0.05, 0.1) is 12.1 Å². The Morgan fingerprint density at radius 2 is 1.81 bits per heavy atom. The first-order valence-electron chi connectivity index (χ1n) is 10.8. The minimum atomic E-state index is -0.0230. The Morgan fingerprint density at radius 1 is 1.03 bits per heavy atom. The first-order chi connectivity index (χ1) is 15.1. The van der Waals surface area contributed by atoms with Crippen molar-refractivity contribution in [3.05, 3.63) is 53.6 Å². The molecule has 8 nitrogen and oxygen atoms in total. The van der Waals surface area contributed by atoms with Crippen LogP contribution in [0.15, 0.2) is 42.5 Å². The molecule has 0 radical (unpaired) electrons. The number of amides is 2. The zero-order valence-corrected chi connectivity index (χ0v) is 18.0. The van der Waals surface area contributed by atoms with Gasteiger partial charge in [0.2, 0.25) is 5.91 Å². The van der Waals surface area contributed by atoms with Gasteiger partial charge in [0.15, 0.2) is 0 Å². The maximum atomic E-state index is 12.9. The molecule has 8 heteroatoms. The van der Waals surface area contributed by atoms with Crippen LogP contribution < -0.4 is 5.32 Å². The molecule has 1 aromatic heterocycles. The van der Waals surface area contributed by atoms with Crippen molar-refractivity contribution < 1.29 is 9.59 Å². The van der Waals surface area contributed by atoms with Gasteiger partial charge in [-0.15, -0.1) is 5.10 Å². The molecule has 2 heterocycles. The minimum Gasteiger partial charge on any atom is -0.336 e. The van der Waals surface area contributed by atoms with Crippen LogP contribution in [0.25, 0.3) is 11.0 Å². The largest absolute Gasteiger partial charge is 0.336 e. The number of carbonyl (C=O) groups excluding carboxylic acids is 2. The van der Waals surface area contributed by atoms with E-state index in [0.29, 0.717) is 38.3 Å². The molecule has 0 spiro atoms. The second-order valence-corrected chi connectivity index (χ2v) is 7.74. The normalized spacial score (nSPS) is 14.7. The Kier molecular flexibility index (Phi) is 6.27. The van der Waals surface area contributed by atoms with Crippen LogP contribution in [0.4, 0.5) is 5.69 Å². The van der Waals surface area contributed by atoms with Gasteiger partial charge in [0.25, 0.3) is 5.91 Å². The standard InChI is InChI=1S/C23H28N6O2/c1-3-17-7-5-6-8-19(17)24-22(30)16-27-11-13-28(14-12-27)23(31)18-9-10-21-20(15-18)25-26-29(21)4-2/h5-10,15H,3-4,11-14,16H2,1-2H3,(H,24,30). The van der Waals surface area contributed by atoms with Crippen LogP contribution in [0.2, 0.25) is 0 Å². The van der Waals surface area contributed by atoms with E-state index in [2.05, 4.69) is 27.5 Å². The van der Waals surface area contributed by atoms with E-state index in [9.17, 15) is 9.59 Å². The number of hydrogen-bond donors (Lipinski definition) is 1. The summed E-state index contributed by atoms with van der Waals surface area (Å²) in [5, 5.41) is 11.3. The molecule has 2 aromatic carbocycles. The molecule has 162 valence electrons. The van der Waals surface area contributed by atoms with Crippen molar-refractivity contribution in [2.75, 3.05) is 38.0 Å². The van der Waals surface area contributed by atoms with Crippen molar-refractivity contribution in [2.45, 2.75) is 26.8 Å². The van der Waals surface area contributed by atoms with Crippen molar-refractivity contribution in [1.82, 2.24) is 24.8 Å². The number of rotatable bonds is 6. The van der Waals surface area contributed by atoms with Gasteiger partial charge in [-0.25, -0.2) is 4.68 Å². The summed E-state index contributed by atoms with van der Waals surface area (Å²) < 4.78 is 1.81. The summed E-state index contributed by atoms with van der Waals surface area (Å²) in [6.07, 6.45) is 0.873. The van der Waals surface area contributed by atoms with Crippen LogP contribution >= 0.6 is 0 Å². The summed E-state index contributed by atoms with van der Waals surface area (Å²) in [6, 6.07) is 13.4. The van der Waals surface area contributed by atoms with Crippen molar-refractivity contribution in [1.29, 1.82) is 0 Å². The fraction of sp³-hybridized carbons (Fsp3) is 0.391. The third kappa shape index (κ3) is 4.59. The van der Waals surface area contributed by atoms with Crippen LogP contribution in [-0.4, -0.2) is 69.3 Å². The van der Waals surface area contributed by atoms with E-state index in [1.807, 2.05) is 59.0 Å². The lowest BCUT2D eigenvalue weighted by molar-refractivity contribution is -0.117. The molecule has 1 saturated heterocycles. The van der Waals surface area contributed by atoms with Gasteiger partial charge in [-0.05, 0) is 43.2 Å². The summed E-state index contributed by atoms with van der Waals surface area (Å²) in [6.45, 7) is 7.68. The van der Waals surface area contributed by atoms with E-state index in [1.165, 1.54) is 0 Å². The number of anilines is 1. The quantitative estimate of drug-likeness (QED) is 0.662. The molecular weight excluding hydrogens is 392 g/mol. The molecule has 3 aromatic rings. The molecule has 2 amide bonds. The van der Waals surface area contributed by atoms with E-state index in [-0.39, 0.29) is 11.8 Å². The smallest absolute Gasteiger partial charge is 0.254 e. The molecule has 0 bridgehead atoms. The Balaban J connectivity index is 1.32. The molecule has 0 unspecified atom stereocenters. The average molecular weight is 421 g/mol. The van der Waals surface area contributed by atoms with E-state index in [0.717, 1.165) is 35.2 Å². The Labute approximate surface area is 181 Å². The molecular formula is C23H28N6O2. The molecule has 1 aliphatic rings. The van der Waals surface area contributed by atoms with Crippen LogP contribution in [0.3, 0.4) is 0 Å². The van der Waals surface area contributed by atoms with Gasteiger partial charge in [-0.1, -0.05) is 30.3 Å². The number of carbonyl (C=O) groups is 2. The zero-order chi connectivity index (χ0) is 21.8. The molecule has 31 heavy (non-hydrogen) atoms. The second kappa shape index (κ2) is 9.26. The monoisotopic (exact) mass is 420 g/mol. The first kappa shape index (κ1) is 21.0. The van der Waals surface area contributed by atoms with E-state index in [1.54, 1.807) is 0 Å². The third-order valence-corrected chi connectivity index (χ3v) is 5.76. The Bertz CT molecular complexity index is 1080. The molecule has 0 aliphatic carbocycles. The topological polar surface area (TPSA) is 83.4 Å². The minimum absolute atomic E-state index is 0.00563. The zero-order valence-electron chi connectivity index (χ0n) is 18.0. The lowest BCUT2D eigenvalue weighted by Crippen LogP contribution is -2.50. The predicted octanol–water partition coefficient (Wildman–Crippen LogP) is 2.41. The van der Waals surface area contributed by atoms with E-state index in [4.69, 9.17) is 0 Å². The molecule has 1 aliphatic heterocycles. The summed E-state index contributed by atoms with van der Waals surface area (Å²) in [5.41, 5.74) is 4.29. The first-order valence-corrected chi connectivity index (χ1v) is 10.8. The lowest BCUT2D eigenvalue weighted by Gasteiger charge is -2.34. The average Bonchev–Trinajstić information content (AvgIpc) is 3.22. The van der Waals surface area contributed by atoms with Crippen LogP contribution in [-0.2, 0) is 17.8 Å². The van der Waals surface area contributed by atoms with Gasteiger partial charge in [-0.2, -0.15) is 0 Å². The third-order valence-electron chi connectivity index (χ3n) is 5.76. The van der Waals surface area contributed by atoms with E-state index >= 15 is 0 Å². The fourth-order valence-corrected chi connectivity index (χ4v) is 3.97. The molecule has 1 fully saturated rings. The molecule has 1 N–H and O–H groups in total. The predicted molar refractivity (Wildman–Crippen MR) is 120 cm³/mol. The number of fused-ring (bicyclic) bond motifs is 1. The number of aromatic nitrogens is 3. The highest BCUT2D eigenvalue weighted by molar-refractivity contribution is 5.97. The van der Waals surface area contributed by atoms with Gasteiger partial charge < -0.3 is 10.2 Å². The SMILES string of the molecule is CCc1ccccc1NC(=O)CN1CCN(C(=O)c2ccc3c(c2)nnn3CC)CC1. The Morgan fingerprint density at radius 3 is 2.55 bits per heavy atom. The van der Waals surface area contributed by atoms with E-state index < -0.39 is 0 Å². The number of nitrogens with zero attached hydrogens (tertiary/aromatic N) is 5. The van der Waals surface area contributed by atoms with Crippen LogP contribution in [0.1, 0.15) is 29.8 Å². The van der Waals surface area contributed by atoms with Crippen LogP contribution in [0.5, 0.6) is 0 Å². The summed E-state index contributed by atoms with van der Waals surface area (Å²) in [5.74, 6) is -0.0286. The van der Waals surface area contributed by atoms with Gasteiger partial charge in [0.1, 0.15) is 5.52 Å².